The van der Waals surface area contributed by atoms with Gasteiger partial charge in [-0.1, -0.05) is 154 Å². The predicted molar refractivity (Wildman–Crippen MR) is 162 cm³/mol. The van der Waals surface area contributed by atoms with E-state index >= 15 is 0 Å². The number of amidine groups is 1. The smallest absolute Gasteiger partial charge is 0.227 e. The Labute approximate surface area is 229 Å². The molecule has 0 saturated heterocycles. The normalized spacial score (nSPS) is 11.2. The Morgan fingerprint density at radius 3 is 1.51 bits per heavy atom. The SMILES string of the molecule is CCCCCCCCCCCCC(CCCCCCCCCCCC)C(=O)Nc1cccc(C(=N)N)c1. The lowest BCUT2D eigenvalue weighted by Gasteiger charge is -2.17. The van der Waals surface area contributed by atoms with Gasteiger partial charge >= 0.3 is 0 Å². The van der Waals surface area contributed by atoms with Gasteiger partial charge in [-0.3, -0.25) is 10.2 Å². The van der Waals surface area contributed by atoms with Gasteiger partial charge in [-0.15, -0.1) is 0 Å². The number of hydrogen-bond acceptors (Lipinski definition) is 2. The Balaban J connectivity index is 2.38. The van der Waals surface area contributed by atoms with E-state index in [0.29, 0.717) is 5.56 Å². The van der Waals surface area contributed by atoms with Gasteiger partial charge in [0.2, 0.25) is 5.91 Å². The molecule has 0 radical (unpaired) electrons. The molecule has 0 saturated carbocycles. The summed E-state index contributed by atoms with van der Waals surface area (Å²) >= 11 is 0. The van der Waals surface area contributed by atoms with Crippen LogP contribution >= 0.6 is 0 Å². The summed E-state index contributed by atoms with van der Waals surface area (Å²) in [5.41, 5.74) is 7.03. The summed E-state index contributed by atoms with van der Waals surface area (Å²) < 4.78 is 0. The summed E-state index contributed by atoms with van der Waals surface area (Å²) in [7, 11) is 0. The van der Waals surface area contributed by atoms with E-state index in [-0.39, 0.29) is 17.7 Å². The molecule has 212 valence electrons. The van der Waals surface area contributed by atoms with Crippen molar-refractivity contribution in [3.63, 3.8) is 0 Å². The molecule has 1 rings (SSSR count). The van der Waals surface area contributed by atoms with Crippen LogP contribution in [-0.4, -0.2) is 11.7 Å². The van der Waals surface area contributed by atoms with Crippen molar-refractivity contribution >= 4 is 17.4 Å². The van der Waals surface area contributed by atoms with Crippen LogP contribution in [0.15, 0.2) is 24.3 Å². The zero-order valence-corrected chi connectivity index (χ0v) is 24.4. The fourth-order valence-electron chi connectivity index (χ4n) is 5.17. The number of anilines is 1. The van der Waals surface area contributed by atoms with Crippen molar-refractivity contribution in [3.8, 4) is 0 Å². The average Bonchev–Trinajstić information content (AvgIpc) is 2.89. The lowest BCUT2D eigenvalue weighted by atomic mass is 9.93. The molecule has 0 aliphatic heterocycles. The second-order valence-corrected chi connectivity index (χ2v) is 11.1. The minimum Gasteiger partial charge on any atom is -0.384 e. The van der Waals surface area contributed by atoms with Gasteiger partial charge in [0.1, 0.15) is 5.84 Å². The molecule has 1 amide bonds. The van der Waals surface area contributed by atoms with Gasteiger partial charge < -0.3 is 11.1 Å². The predicted octanol–water partition coefficient (Wildman–Crippen LogP) is 10.1. The van der Waals surface area contributed by atoms with Crippen molar-refractivity contribution in [2.45, 2.75) is 155 Å². The monoisotopic (exact) mass is 513 g/mol. The van der Waals surface area contributed by atoms with Crippen molar-refractivity contribution in [2.24, 2.45) is 11.7 Å². The maximum atomic E-state index is 13.2. The van der Waals surface area contributed by atoms with Crippen LogP contribution < -0.4 is 11.1 Å². The highest BCUT2D eigenvalue weighted by atomic mass is 16.1. The Morgan fingerprint density at radius 2 is 1.11 bits per heavy atom. The van der Waals surface area contributed by atoms with Gasteiger partial charge in [0.05, 0.1) is 0 Å². The van der Waals surface area contributed by atoms with Crippen LogP contribution in [0.2, 0.25) is 0 Å². The number of amides is 1. The zero-order chi connectivity index (χ0) is 27.0. The Hall–Kier alpha value is -1.84. The van der Waals surface area contributed by atoms with Gasteiger partial charge in [-0.2, -0.15) is 0 Å². The second kappa shape index (κ2) is 23.3. The van der Waals surface area contributed by atoms with Crippen LogP contribution in [0.5, 0.6) is 0 Å². The number of carbonyl (C=O) groups excluding carboxylic acids is 1. The van der Waals surface area contributed by atoms with E-state index in [9.17, 15) is 4.79 Å². The molecule has 0 heterocycles. The van der Waals surface area contributed by atoms with Gasteiger partial charge in [0, 0.05) is 17.2 Å². The third-order valence-electron chi connectivity index (χ3n) is 7.62. The molecule has 0 aromatic heterocycles. The van der Waals surface area contributed by atoms with Gasteiger partial charge in [0.15, 0.2) is 0 Å². The third kappa shape index (κ3) is 18.1. The van der Waals surface area contributed by atoms with Crippen molar-refractivity contribution < 1.29 is 4.79 Å². The average molecular weight is 514 g/mol. The van der Waals surface area contributed by atoms with Crippen LogP contribution in [0.1, 0.15) is 161 Å². The molecule has 0 aliphatic rings. The first kappa shape index (κ1) is 33.2. The topological polar surface area (TPSA) is 79.0 Å². The molecule has 4 heteroatoms. The third-order valence-corrected chi connectivity index (χ3v) is 7.62. The zero-order valence-electron chi connectivity index (χ0n) is 24.4. The first-order chi connectivity index (χ1) is 18.1. The molecule has 4 nitrogen and oxygen atoms in total. The summed E-state index contributed by atoms with van der Waals surface area (Å²) in [5, 5.41) is 10.8. The number of rotatable bonds is 25. The Kier molecular flexibility index (Phi) is 20.9. The van der Waals surface area contributed by atoms with E-state index in [2.05, 4.69) is 19.2 Å². The van der Waals surface area contributed by atoms with Crippen molar-refractivity contribution in [3.05, 3.63) is 29.8 Å². The fraction of sp³-hybridized carbons (Fsp3) is 0.758. The van der Waals surface area contributed by atoms with Gasteiger partial charge in [-0.25, -0.2) is 0 Å². The summed E-state index contributed by atoms with van der Waals surface area (Å²) in [4.78, 5) is 13.2. The van der Waals surface area contributed by atoms with E-state index < -0.39 is 0 Å². The van der Waals surface area contributed by atoms with E-state index in [4.69, 9.17) is 11.1 Å². The molecule has 37 heavy (non-hydrogen) atoms. The van der Waals surface area contributed by atoms with Crippen LogP contribution in [0.3, 0.4) is 0 Å². The highest BCUT2D eigenvalue weighted by Crippen LogP contribution is 2.22. The number of nitrogens with two attached hydrogens (primary N) is 1. The molecule has 0 spiro atoms. The fourth-order valence-corrected chi connectivity index (χ4v) is 5.17. The van der Waals surface area contributed by atoms with Crippen molar-refractivity contribution in [1.82, 2.24) is 0 Å². The number of hydrogen-bond donors (Lipinski definition) is 3. The van der Waals surface area contributed by atoms with Crippen LogP contribution in [-0.2, 0) is 4.79 Å². The minimum atomic E-state index is 0.0309. The first-order valence-electron chi connectivity index (χ1n) is 15.8. The first-order valence-corrected chi connectivity index (χ1v) is 15.8. The van der Waals surface area contributed by atoms with E-state index in [1.54, 1.807) is 6.07 Å². The summed E-state index contributed by atoms with van der Waals surface area (Å²) in [6.07, 6.45) is 28.4. The molecule has 0 fully saturated rings. The number of unbranched alkanes of at least 4 members (excludes halogenated alkanes) is 18. The minimum absolute atomic E-state index is 0.0309. The molecular formula is C33H59N3O. The summed E-state index contributed by atoms with van der Waals surface area (Å²) in [6, 6.07) is 7.36. The lowest BCUT2D eigenvalue weighted by Crippen LogP contribution is -2.23. The number of nitrogens with one attached hydrogen (secondary N) is 2. The Morgan fingerprint density at radius 1 is 0.703 bits per heavy atom. The Bertz CT molecular complexity index is 679. The van der Waals surface area contributed by atoms with Crippen LogP contribution in [0.25, 0.3) is 0 Å². The van der Waals surface area contributed by atoms with E-state index in [1.807, 2.05) is 18.2 Å². The lowest BCUT2D eigenvalue weighted by molar-refractivity contribution is -0.120. The summed E-state index contributed by atoms with van der Waals surface area (Å²) in [5.74, 6) is 0.236. The summed E-state index contributed by atoms with van der Waals surface area (Å²) in [6.45, 7) is 4.54. The number of benzene rings is 1. The van der Waals surface area contributed by atoms with Crippen molar-refractivity contribution in [1.29, 1.82) is 5.41 Å². The van der Waals surface area contributed by atoms with Gasteiger partial charge in [0.25, 0.3) is 0 Å². The quantitative estimate of drug-likeness (QED) is 0.0690. The largest absolute Gasteiger partial charge is 0.384 e. The molecule has 0 aliphatic carbocycles. The number of carbonyl (C=O) groups is 1. The highest BCUT2D eigenvalue weighted by Gasteiger charge is 2.18. The van der Waals surface area contributed by atoms with E-state index in [0.717, 1.165) is 31.4 Å². The van der Waals surface area contributed by atoms with Crippen LogP contribution in [0.4, 0.5) is 5.69 Å². The maximum absolute atomic E-state index is 13.2. The van der Waals surface area contributed by atoms with E-state index in [1.165, 1.54) is 116 Å². The molecule has 4 N–H and O–H groups in total. The second-order valence-electron chi connectivity index (χ2n) is 11.1. The molecule has 0 atom stereocenters. The number of nitrogen functional groups attached to an aromatic ring is 1. The van der Waals surface area contributed by atoms with Crippen molar-refractivity contribution in [2.75, 3.05) is 5.32 Å². The molecule has 0 unspecified atom stereocenters. The molecule has 0 bridgehead atoms. The molecular weight excluding hydrogens is 454 g/mol. The maximum Gasteiger partial charge on any atom is 0.227 e. The standard InChI is InChI=1S/C33H59N3O/c1-3-5-7-9-11-13-15-17-19-21-24-29(25-22-20-18-16-14-12-10-8-6-4-2)33(37)36-31-27-23-26-30(28-31)32(34)35/h23,26-29H,3-22,24-25H2,1-2H3,(H3,34,35)(H,36,37). The molecule has 1 aromatic rings. The highest BCUT2D eigenvalue weighted by molar-refractivity contribution is 5.98. The van der Waals surface area contributed by atoms with Crippen LogP contribution in [0, 0.1) is 11.3 Å². The molecule has 1 aromatic carbocycles. The van der Waals surface area contributed by atoms with Gasteiger partial charge in [-0.05, 0) is 25.0 Å².